The van der Waals surface area contributed by atoms with Gasteiger partial charge in [0, 0.05) is 24.5 Å². The number of pyridine rings is 1. The summed E-state index contributed by atoms with van der Waals surface area (Å²) in [5, 5.41) is 0. The number of hydrogen-bond acceptors (Lipinski definition) is 3. The van der Waals surface area contributed by atoms with Crippen LogP contribution in [-0.2, 0) is 6.54 Å². The van der Waals surface area contributed by atoms with Crippen molar-refractivity contribution < 1.29 is 0 Å². The molecule has 0 amide bonds. The van der Waals surface area contributed by atoms with E-state index in [0.717, 1.165) is 35.1 Å². The summed E-state index contributed by atoms with van der Waals surface area (Å²) in [5.41, 5.74) is 10.3. The molecule has 0 atom stereocenters. The molecule has 2 rings (SSSR count). The molecule has 0 aliphatic heterocycles. The fraction of sp³-hybridized carbons (Fsp3) is 0.643. The molecule has 1 aliphatic carbocycles. The Morgan fingerprint density at radius 3 is 2.65 bits per heavy atom. The van der Waals surface area contributed by atoms with Gasteiger partial charge < -0.3 is 5.73 Å². The van der Waals surface area contributed by atoms with E-state index in [-0.39, 0.29) is 0 Å². The van der Waals surface area contributed by atoms with E-state index in [1.54, 1.807) is 0 Å². The molecule has 1 heterocycles. The number of nitrogens with zero attached hydrogens (tertiary/aromatic N) is 2. The second kappa shape index (κ2) is 5.05. The van der Waals surface area contributed by atoms with E-state index in [9.17, 15) is 0 Å². The molecule has 1 aromatic heterocycles. The zero-order valence-electron chi connectivity index (χ0n) is 11.2. The number of nitrogens with two attached hydrogens (primary N) is 1. The summed E-state index contributed by atoms with van der Waals surface area (Å²) in [6.45, 7) is 5.01. The molecule has 1 saturated carbocycles. The average molecular weight is 233 g/mol. The van der Waals surface area contributed by atoms with E-state index in [2.05, 4.69) is 23.9 Å². The van der Waals surface area contributed by atoms with Crippen molar-refractivity contribution in [3.8, 4) is 0 Å². The van der Waals surface area contributed by atoms with Crippen molar-refractivity contribution in [1.29, 1.82) is 0 Å². The van der Waals surface area contributed by atoms with Crippen LogP contribution in [0.2, 0.25) is 0 Å². The fourth-order valence-corrected chi connectivity index (χ4v) is 2.66. The van der Waals surface area contributed by atoms with E-state index >= 15 is 0 Å². The van der Waals surface area contributed by atoms with Gasteiger partial charge in [-0.3, -0.25) is 9.88 Å². The highest BCUT2D eigenvalue weighted by Crippen LogP contribution is 2.25. The van der Waals surface area contributed by atoms with Crippen LogP contribution in [0.15, 0.2) is 6.20 Å². The summed E-state index contributed by atoms with van der Waals surface area (Å²) in [4.78, 5) is 6.96. The predicted molar refractivity (Wildman–Crippen MR) is 71.8 cm³/mol. The lowest BCUT2D eigenvalue weighted by Crippen LogP contribution is -2.29. The molecule has 0 unspecified atom stereocenters. The lowest BCUT2D eigenvalue weighted by Gasteiger charge is -2.24. The van der Waals surface area contributed by atoms with Crippen LogP contribution in [0.5, 0.6) is 0 Å². The molecule has 17 heavy (non-hydrogen) atoms. The van der Waals surface area contributed by atoms with E-state index in [1.807, 2.05) is 13.1 Å². The Kier molecular flexibility index (Phi) is 3.67. The highest BCUT2D eigenvalue weighted by atomic mass is 15.1. The molecule has 2 N–H and O–H groups in total. The van der Waals surface area contributed by atoms with Crippen LogP contribution in [0.4, 0.5) is 5.69 Å². The highest BCUT2D eigenvalue weighted by Gasteiger charge is 2.20. The Labute approximate surface area is 104 Å². The number of aryl methyl sites for hydroxylation is 1. The van der Waals surface area contributed by atoms with Crippen molar-refractivity contribution in [2.45, 2.75) is 52.1 Å². The zero-order chi connectivity index (χ0) is 12.4. The van der Waals surface area contributed by atoms with Crippen LogP contribution in [-0.4, -0.2) is 23.0 Å². The van der Waals surface area contributed by atoms with E-state index in [1.165, 1.54) is 25.7 Å². The number of hydrogen-bond donors (Lipinski definition) is 1. The van der Waals surface area contributed by atoms with Gasteiger partial charge in [-0.05, 0) is 44.9 Å². The van der Waals surface area contributed by atoms with Crippen LogP contribution in [0.1, 0.15) is 42.5 Å². The molecule has 1 aromatic rings. The van der Waals surface area contributed by atoms with Gasteiger partial charge in [0.15, 0.2) is 0 Å². The van der Waals surface area contributed by atoms with Gasteiger partial charge in [-0.15, -0.1) is 0 Å². The number of anilines is 1. The number of rotatable bonds is 3. The van der Waals surface area contributed by atoms with E-state index in [4.69, 9.17) is 5.73 Å². The average Bonchev–Trinajstić information content (AvgIpc) is 2.83. The molecule has 3 heteroatoms. The minimum absolute atomic E-state index is 0.735. The zero-order valence-corrected chi connectivity index (χ0v) is 11.2. The molecule has 0 radical (unpaired) electrons. The van der Waals surface area contributed by atoms with Gasteiger partial charge in [-0.2, -0.15) is 0 Å². The van der Waals surface area contributed by atoms with Gasteiger partial charge in [0.2, 0.25) is 0 Å². The molecule has 1 fully saturated rings. The monoisotopic (exact) mass is 233 g/mol. The van der Waals surface area contributed by atoms with Crippen molar-refractivity contribution in [2.24, 2.45) is 0 Å². The third-order valence-corrected chi connectivity index (χ3v) is 4.02. The SMILES string of the molecule is Cc1cnc(CN(C)C2CCCC2)c(C)c1N. The van der Waals surface area contributed by atoms with Crippen molar-refractivity contribution in [3.05, 3.63) is 23.0 Å². The first kappa shape index (κ1) is 12.4. The Morgan fingerprint density at radius 2 is 2.00 bits per heavy atom. The Morgan fingerprint density at radius 1 is 1.35 bits per heavy atom. The van der Waals surface area contributed by atoms with Crippen molar-refractivity contribution in [1.82, 2.24) is 9.88 Å². The maximum Gasteiger partial charge on any atom is 0.0593 e. The quantitative estimate of drug-likeness (QED) is 0.872. The van der Waals surface area contributed by atoms with Crippen molar-refractivity contribution in [3.63, 3.8) is 0 Å². The summed E-state index contributed by atoms with van der Waals surface area (Å²) in [7, 11) is 2.20. The first-order valence-electron chi connectivity index (χ1n) is 6.50. The van der Waals surface area contributed by atoms with Crippen molar-refractivity contribution in [2.75, 3.05) is 12.8 Å². The van der Waals surface area contributed by atoms with Crippen LogP contribution in [0, 0.1) is 13.8 Å². The summed E-state index contributed by atoms with van der Waals surface area (Å²) < 4.78 is 0. The summed E-state index contributed by atoms with van der Waals surface area (Å²) >= 11 is 0. The summed E-state index contributed by atoms with van der Waals surface area (Å²) in [6.07, 6.45) is 7.29. The molecule has 0 saturated heterocycles. The Balaban J connectivity index is 2.10. The topological polar surface area (TPSA) is 42.2 Å². The van der Waals surface area contributed by atoms with Gasteiger partial charge in [0.25, 0.3) is 0 Å². The van der Waals surface area contributed by atoms with Gasteiger partial charge in [-0.1, -0.05) is 12.8 Å². The van der Waals surface area contributed by atoms with Crippen LogP contribution >= 0.6 is 0 Å². The summed E-state index contributed by atoms with van der Waals surface area (Å²) in [6, 6.07) is 0.735. The van der Waals surface area contributed by atoms with Gasteiger partial charge in [0.05, 0.1) is 5.69 Å². The minimum Gasteiger partial charge on any atom is -0.398 e. The fourth-order valence-electron chi connectivity index (χ4n) is 2.66. The molecular weight excluding hydrogens is 210 g/mol. The first-order valence-corrected chi connectivity index (χ1v) is 6.50. The first-order chi connectivity index (χ1) is 8.09. The molecule has 0 spiro atoms. The second-order valence-electron chi connectivity index (χ2n) is 5.28. The van der Waals surface area contributed by atoms with E-state index < -0.39 is 0 Å². The maximum absolute atomic E-state index is 6.05. The molecule has 0 bridgehead atoms. The third kappa shape index (κ3) is 2.60. The Bertz CT molecular complexity index is 395. The number of aromatic nitrogens is 1. The molecule has 0 aromatic carbocycles. The highest BCUT2D eigenvalue weighted by molar-refractivity contribution is 5.53. The Hall–Kier alpha value is -1.09. The predicted octanol–water partition coefficient (Wildman–Crippen LogP) is 2.66. The van der Waals surface area contributed by atoms with Gasteiger partial charge in [-0.25, -0.2) is 0 Å². The number of nitrogen functional groups attached to an aromatic ring is 1. The molecule has 1 aliphatic rings. The minimum atomic E-state index is 0.735. The smallest absolute Gasteiger partial charge is 0.0593 e. The molecule has 94 valence electrons. The summed E-state index contributed by atoms with van der Waals surface area (Å²) in [5.74, 6) is 0. The largest absolute Gasteiger partial charge is 0.398 e. The molecule has 3 nitrogen and oxygen atoms in total. The maximum atomic E-state index is 6.05. The normalized spacial score (nSPS) is 16.9. The van der Waals surface area contributed by atoms with Gasteiger partial charge >= 0.3 is 0 Å². The standard InChI is InChI=1S/C14H23N3/c1-10-8-16-13(11(2)14(10)15)9-17(3)12-6-4-5-7-12/h8,12H,4-7,9H2,1-3H3,(H2,15,16). The van der Waals surface area contributed by atoms with Gasteiger partial charge in [0.1, 0.15) is 0 Å². The second-order valence-corrected chi connectivity index (χ2v) is 5.28. The third-order valence-electron chi connectivity index (χ3n) is 4.02. The van der Waals surface area contributed by atoms with Crippen molar-refractivity contribution >= 4 is 5.69 Å². The van der Waals surface area contributed by atoms with Crippen LogP contribution in [0.3, 0.4) is 0 Å². The molecular formula is C14H23N3. The van der Waals surface area contributed by atoms with E-state index in [0.29, 0.717) is 0 Å². The lowest BCUT2D eigenvalue weighted by molar-refractivity contribution is 0.234. The van der Waals surface area contributed by atoms with Crippen LogP contribution < -0.4 is 5.73 Å². The van der Waals surface area contributed by atoms with Crippen LogP contribution in [0.25, 0.3) is 0 Å². The lowest BCUT2D eigenvalue weighted by atomic mass is 10.1.